The first kappa shape index (κ1) is 13.5. The topological polar surface area (TPSA) is 102 Å². The number of amidine groups is 1. The van der Waals surface area contributed by atoms with Gasteiger partial charge in [-0.2, -0.15) is 5.10 Å². The Morgan fingerprint density at radius 3 is 3.05 bits per heavy atom. The zero-order valence-corrected chi connectivity index (χ0v) is 11.1. The predicted octanol–water partition coefficient (Wildman–Crippen LogP) is 0.709. The van der Waals surface area contributed by atoms with Gasteiger partial charge in [-0.15, -0.1) is 0 Å². The highest BCUT2D eigenvalue weighted by Gasteiger charge is 2.16. The molecule has 0 atom stereocenters. The molecule has 0 spiro atoms. The SMILES string of the molecule is Cc1nn(CCC(=O)NC2=NCCS2)cc1[N+](=O)[O-]. The molecule has 1 aliphatic heterocycles. The number of aliphatic imine (C=N–C) groups is 1. The average Bonchev–Trinajstić information content (AvgIpc) is 2.96. The molecular formula is C10H13N5O3S. The van der Waals surface area contributed by atoms with Crippen LogP contribution in [0.4, 0.5) is 5.69 Å². The fraction of sp³-hybridized carbons (Fsp3) is 0.500. The molecule has 1 aromatic heterocycles. The van der Waals surface area contributed by atoms with E-state index in [0.717, 1.165) is 12.3 Å². The number of nitro groups is 1. The number of carbonyl (C=O) groups excluding carboxylic acids is 1. The number of hydrogen-bond acceptors (Lipinski definition) is 6. The molecule has 8 nitrogen and oxygen atoms in total. The monoisotopic (exact) mass is 283 g/mol. The zero-order chi connectivity index (χ0) is 13.8. The standard InChI is InChI=1S/C10H13N5O3S/c1-7-8(15(17)18)6-14(13-7)4-2-9(16)12-10-11-3-5-19-10/h6H,2-5H2,1H3,(H,11,12,16). The van der Waals surface area contributed by atoms with Crippen LogP contribution in [0.1, 0.15) is 12.1 Å². The molecule has 2 heterocycles. The van der Waals surface area contributed by atoms with E-state index in [0.29, 0.717) is 17.4 Å². The van der Waals surface area contributed by atoms with Gasteiger partial charge in [-0.05, 0) is 6.92 Å². The molecule has 0 saturated carbocycles. The highest BCUT2D eigenvalue weighted by atomic mass is 32.2. The summed E-state index contributed by atoms with van der Waals surface area (Å²) in [6.07, 6.45) is 1.54. The number of nitrogens with zero attached hydrogens (tertiary/aromatic N) is 4. The second-order valence-electron chi connectivity index (χ2n) is 3.95. The van der Waals surface area contributed by atoms with Crippen molar-refractivity contribution < 1.29 is 9.72 Å². The van der Waals surface area contributed by atoms with Gasteiger partial charge in [0.15, 0.2) is 5.17 Å². The van der Waals surface area contributed by atoms with Crippen molar-refractivity contribution in [1.29, 1.82) is 0 Å². The van der Waals surface area contributed by atoms with Crippen LogP contribution >= 0.6 is 11.8 Å². The molecule has 1 aromatic rings. The lowest BCUT2D eigenvalue weighted by Gasteiger charge is -2.03. The molecule has 0 radical (unpaired) electrons. The molecule has 0 bridgehead atoms. The third-order valence-corrected chi connectivity index (χ3v) is 3.41. The summed E-state index contributed by atoms with van der Waals surface area (Å²) < 4.78 is 1.41. The van der Waals surface area contributed by atoms with Crippen LogP contribution in [0.15, 0.2) is 11.2 Å². The lowest BCUT2D eigenvalue weighted by atomic mass is 10.4. The van der Waals surface area contributed by atoms with Gasteiger partial charge in [0, 0.05) is 18.7 Å². The quantitative estimate of drug-likeness (QED) is 0.647. The van der Waals surface area contributed by atoms with Crippen molar-refractivity contribution >= 4 is 28.5 Å². The summed E-state index contributed by atoms with van der Waals surface area (Å²) in [6, 6.07) is 0. The van der Waals surface area contributed by atoms with Crippen molar-refractivity contribution in [3.63, 3.8) is 0 Å². The van der Waals surface area contributed by atoms with Crippen LogP contribution in [-0.4, -0.2) is 38.1 Å². The van der Waals surface area contributed by atoms with E-state index in [1.54, 1.807) is 6.92 Å². The minimum absolute atomic E-state index is 0.0314. The zero-order valence-electron chi connectivity index (χ0n) is 10.3. The molecule has 9 heteroatoms. The van der Waals surface area contributed by atoms with Gasteiger partial charge in [0.05, 0.1) is 11.5 Å². The molecule has 19 heavy (non-hydrogen) atoms. The van der Waals surface area contributed by atoms with Crippen molar-refractivity contribution in [2.75, 3.05) is 12.3 Å². The Morgan fingerprint density at radius 2 is 2.47 bits per heavy atom. The van der Waals surface area contributed by atoms with E-state index in [1.807, 2.05) is 0 Å². The Morgan fingerprint density at radius 1 is 1.68 bits per heavy atom. The normalized spacial score (nSPS) is 14.3. The van der Waals surface area contributed by atoms with E-state index in [-0.39, 0.29) is 18.0 Å². The summed E-state index contributed by atoms with van der Waals surface area (Å²) in [7, 11) is 0. The van der Waals surface area contributed by atoms with Gasteiger partial charge in [-0.3, -0.25) is 24.6 Å². The highest BCUT2D eigenvalue weighted by Crippen LogP contribution is 2.15. The van der Waals surface area contributed by atoms with Gasteiger partial charge in [0.1, 0.15) is 11.9 Å². The number of amides is 1. The smallest absolute Gasteiger partial charge is 0.305 e. The van der Waals surface area contributed by atoms with Crippen LogP contribution in [0.3, 0.4) is 0 Å². The summed E-state index contributed by atoms with van der Waals surface area (Å²) >= 11 is 1.51. The maximum Gasteiger partial charge on any atom is 0.309 e. The van der Waals surface area contributed by atoms with Crippen LogP contribution < -0.4 is 5.32 Å². The van der Waals surface area contributed by atoms with Crippen molar-refractivity contribution in [3.05, 3.63) is 22.0 Å². The van der Waals surface area contributed by atoms with Gasteiger partial charge < -0.3 is 5.32 Å². The second kappa shape index (κ2) is 5.83. The number of carbonyl (C=O) groups is 1. The number of aromatic nitrogens is 2. The third kappa shape index (κ3) is 3.53. The number of thioether (sulfide) groups is 1. The maximum atomic E-state index is 11.6. The molecular weight excluding hydrogens is 270 g/mol. The lowest BCUT2D eigenvalue weighted by Crippen LogP contribution is -2.28. The fourth-order valence-corrected chi connectivity index (χ4v) is 2.35. The van der Waals surface area contributed by atoms with E-state index in [9.17, 15) is 14.9 Å². The van der Waals surface area contributed by atoms with Gasteiger partial charge >= 0.3 is 5.69 Å². The number of hydrogen-bond donors (Lipinski definition) is 1. The van der Waals surface area contributed by atoms with Crippen LogP contribution in [0.25, 0.3) is 0 Å². The third-order valence-electron chi connectivity index (χ3n) is 2.52. The predicted molar refractivity (Wildman–Crippen MR) is 71.1 cm³/mol. The summed E-state index contributed by atoms with van der Waals surface area (Å²) in [4.78, 5) is 25.9. The number of rotatable bonds is 4. The Labute approximate surface area is 113 Å². The number of nitrogens with one attached hydrogen (secondary N) is 1. The molecule has 1 amide bonds. The second-order valence-corrected chi connectivity index (χ2v) is 5.04. The molecule has 102 valence electrons. The van der Waals surface area contributed by atoms with Crippen LogP contribution in [-0.2, 0) is 11.3 Å². The molecule has 0 unspecified atom stereocenters. The van der Waals surface area contributed by atoms with Gasteiger partial charge in [0.25, 0.3) is 0 Å². The molecule has 1 N–H and O–H groups in total. The Hall–Kier alpha value is -1.90. The molecule has 1 aliphatic rings. The first-order chi connectivity index (χ1) is 9.06. The van der Waals surface area contributed by atoms with Crippen LogP contribution in [0, 0.1) is 17.0 Å². The minimum atomic E-state index is -0.483. The molecule has 0 aliphatic carbocycles. The Bertz CT molecular complexity index is 539. The average molecular weight is 283 g/mol. The van der Waals surface area contributed by atoms with Crippen molar-refractivity contribution in [1.82, 2.24) is 15.1 Å². The van der Waals surface area contributed by atoms with Crippen LogP contribution in [0.5, 0.6) is 0 Å². The van der Waals surface area contributed by atoms with Gasteiger partial charge in [-0.1, -0.05) is 11.8 Å². The molecule has 0 aromatic carbocycles. The van der Waals surface area contributed by atoms with E-state index in [4.69, 9.17) is 0 Å². The summed E-state index contributed by atoms with van der Waals surface area (Å²) in [5.41, 5.74) is 0.317. The molecule has 2 rings (SSSR count). The molecule has 0 saturated heterocycles. The van der Waals surface area contributed by atoms with Crippen molar-refractivity contribution in [2.24, 2.45) is 4.99 Å². The largest absolute Gasteiger partial charge is 0.309 e. The van der Waals surface area contributed by atoms with E-state index in [2.05, 4.69) is 15.4 Å². The minimum Gasteiger partial charge on any atom is -0.305 e. The van der Waals surface area contributed by atoms with E-state index >= 15 is 0 Å². The van der Waals surface area contributed by atoms with E-state index < -0.39 is 4.92 Å². The van der Waals surface area contributed by atoms with E-state index in [1.165, 1.54) is 22.6 Å². The summed E-state index contributed by atoms with van der Waals surface area (Å²) in [5, 5.41) is 18.0. The van der Waals surface area contributed by atoms with Crippen molar-refractivity contribution in [3.8, 4) is 0 Å². The number of aryl methyl sites for hydroxylation is 2. The fourth-order valence-electron chi connectivity index (χ4n) is 1.61. The first-order valence-corrected chi connectivity index (χ1v) is 6.70. The highest BCUT2D eigenvalue weighted by molar-refractivity contribution is 8.14. The van der Waals surface area contributed by atoms with Crippen molar-refractivity contribution in [2.45, 2.75) is 19.9 Å². The van der Waals surface area contributed by atoms with Crippen LogP contribution in [0.2, 0.25) is 0 Å². The molecule has 0 fully saturated rings. The van der Waals surface area contributed by atoms with Gasteiger partial charge in [0.2, 0.25) is 5.91 Å². The maximum absolute atomic E-state index is 11.6. The lowest BCUT2D eigenvalue weighted by molar-refractivity contribution is -0.385. The Kier molecular flexibility index (Phi) is 4.15. The summed E-state index contributed by atoms with van der Waals surface area (Å²) in [6.45, 7) is 2.60. The van der Waals surface area contributed by atoms with Gasteiger partial charge in [-0.25, -0.2) is 0 Å². The summed E-state index contributed by atoms with van der Waals surface area (Å²) in [5.74, 6) is 0.726. The Balaban J connectivity index is 1.86. The first-order valence-electron chi connectivity index (χ1n) is 5.72.